The van der Waals surface area contributed by atoms with Gasteiger partial charge in [0.05, 0.1) is 13.2 Å². The molecule has 58 heavy (non-hydrogen) atoms. The molecule has 0 aliphatic heterocycles. The number of phosphoric acid groups is 1. The number of unbranched alkanes of at least 4 members (excludes halogenated alkanes) is 9. The predicted molar refractivity (Wildman–Crippen MR) is 238 cm³/mol. The summed E-state index contributed by atoms with van der Waals surface area (Å²) in [6.45, 7) is 3.33. The average Bonchev–Trinajstić information content (AvgIpc) is 3.20. The number of ketones is 1. The van der Waals surface area contributed by atoms with Crippen LogP contribution < -0.4 is 5.73 Å². The van der Waals surface area contributed by atoms with Gasteiger partial charge >= 0.3 is 19.8 Å². The SMILES string of the molecule is CCCCC/C=C\C/C=C\C/C=C\C=C\C(=O)CCCC(=O)O[C@H](COC(=O)CCCCC/C=C\C/C=C\C/C=C\C/C=C\CCCCC)COP(=O)(O)OCCN. The van der Waals surface area contributed by atoms with Crippen LogP contribution in [0, 0.1) is 0 Å². The minimum atomic E-state index is -4.46. The number of ether oxygens (including phenoxy) is 2. The molecule has 0 rings (SSSR count). The number of hydrogen-bond donors (Lipinski definition) is 2. The van der Waals surface area contributed by atoms with E-state index < -0.39 is 32.5 Å². The highest BCUT2D eigenvalue weighted by molar-refractivity contribution is 7.47. The standard InChI is InChI=1S/C47H76NO9P/c1-3-5-7-9-11-13-15-17-18-19-20-21-22-24-26-28-30-32-34-38-46(50)54-42-45(43-56-58(52,53)55-41-40-48)57-47(51)39-35-37-44(49)36-33-31-29-27-25-23-16-14-12-10-8-6-4-2/h11-14,17-18,20-21,23-26,29,31,33,36,45H,3-10,15-16,19,22,27-28,30,32,34-35,37-43,48H2,1-2H3,(H,52,53)/b13-11-,14-12-,18-17-,21-20-,25-23-,26-24-,31-29-,36-33+/t45-/m1/s1. The van der Waals surface area contributed by atoms with Gasteiger partial charge in [0.2, 0.25) is 0 Å². The normalized spacial score (nSPS) is 14.1. The van der Waals surface area contributed by atoms with Crippen LogP contribution in [0.4, 0.5) is 0 Å². The Bertz CT molecular complexity index is 1330. The molecule has 328 valence electrons. The monoisotopic (exact) mass is 830 g/mol. The highest BCUT2D eigenvalue weighted by atomic mass is 31.2. The largest absolute Gasteiger partial charge is 0.472 e. The van der Waals surface area contributed by atoms with E-state index >= 15 is 0 Å². The summed E-state index contributed by atoms with van der Waals surface area (Å²) in [5.74, 6) is -1.26. The highest BCUT2D eigenvalue weighted by Gasteiger charge is 2.26. The van der Waals surface area contributed by atoms with Gasteiger partial charge in [0.15, 0.2) is 11.9 Å². The van der Waals surface area contributed by atoms with Gasteiger partial charge < -0.3 is 20.1 Å². The summed E-state index contributed by atoms with van der Waals surface area (Å²) in [7, 11) is -4.46. The predicted octanol–water partition coefficient (Wildman–Crippen LogP) is 11.8. The van der Waals surface area contributed by atoms with E-state index in [2.05, 4.69) is 86.8 Å². The lowest BCUT2D eigenvalue weighted by atomic mass is 10.1. The zero-order chi connectivity index (χ0) is 42.6. The Hall–Kier alpha value is -3.40. The molecule has 3 N–H and O–H groups in total. The van der Waals surface area contributed by atoms with Crippen molar-refractivity contribution in [2.45, 2.75) is 155 Å². The van der Waals surface area contributed by atoms with Crippen molar-refractivity contribution in [1.29, 1.82) is 0 Å². The van der Waals surface area contributed by atoms with Crippen molar-refractivity contribution in [3.63, 3.8) is 0 Å². The number of esters is 2. The van der Waals surface area contributed by atoms with Gasteiger partial charge in [-0.2, -0.15) is 0 Å². The third-order valence-corrected chi connectivity index (χ3v) is 9.40. The Kier molecular flexibility index (Phi) is 39.3. The molecule has 0 saturated heterocycles. The number of rotatable bonds is 39. The molecule has 0 aliphatic rings. The first-order valence-electron chi connectivity index (χ1n) is 21.7. The van der Waals surface area contributed by atoms with Gasteiger partial charge in [-0.25, -0.2) is 4.57 Å². The van der Waals surface area contributed by atoms with Crippen molar-refractivity contribution in [3.8, 4) is 0 Å². The minimum Gasteiger partial charge on any atom is -0.462 e. The fourth-order valence-electron chi connectivity index (χ4n) is 5.16. The van der Waals surface area contributed by atoms with Gasteiger partial charge in [-0.1, -0.05) is 137 Å². The van der Waals surface area contributed by atoms with E-state index in [1.54, 1.807) is 6.08 Å². The number of allylic oxidation sites excluding steroid dienone is 16. The molecule has 1 unspecified atom stereocenters. The van der Waals surface area contributed by atoms with E-state index in [1.807, 2.05) is 12.2 Å². The summed E-state index contributed by atoms with van der Waals surface area (Å²) in [6, 6.07) is 0. The van der Waals surface area contributed by atoms with E-state index in [-0.39, 0.29) is 51.2 Å². The van der Waals surface area contributed by atoms with Crippen LogP contribution in [0.25, 0.3) is 0 Å². The first-order chi connectivity index (χ1) is 28.2. The molecule has 0 spiro atoms. The lowest BCUT2D eigenvalue weighted by molar-refractivity contribution is -0.161. The molecule has 0 aliphatic carbocycles. The molecule has 0 radical (unpaired) electrons. The smallest absolute Gasteiger partial charge is 0.462 e. The van der Waals surface area contributed by atoms with Crippen LogP contribution in [0.2, 0.25) is 0 Å². The molecule has 0 amide bonds. The summed E-state index contributed by atoms with van der Waals surface area (Å²) < 4.78 is 32.5. The molecule has 0 aromatic carbocycles. The van der Waals surface area contributed by atoms with Crippen LogP contribution in [0.1, 0.15) is 149 Å². The molecule has 0 saturated carbocycles. The summed E-state index contributed by atoms with van der Waals surface area (Å²) >= 11 is 0. The van der Waals surface area contributed by atoms with Crippen molar-refractivity contribution in [3.05, 3.63) is 97.2 Å². The van der Waals surface area contributed by atoms with Crippen LogP contribution in [-0.2, 0) is 37.5 Å². The van der Waals surface area contributed by atoms with Gasteiger partial charge in [0, 0.05) is 25.8 Å². The first-order valence-corrected chi connectivity index (χ1v) is 23.2. The van der Waals surface area contributed by atoms with Gasteiger partial charge in [-0.05, 0) is 89.5 Å². The van der Waals surface area contributed by atoms with E-state index in [4.69, 9.17) is 24.3 Å². The molecular weight excluding hydrogens is 753 g/mol. The summed E-state index contributed by atoms with van der Waals surface area (Å²) in [4.78, 5) is 47.1. The Balaban J connectivity index is 4.44. The van der Waals surface area contributed by atoms with Crippen molar-refractivity contribution in [2.75, 3.05) is 26.4 Å². The van der Waals surface area contributed by atoms with Crippen molar-refractivity contribution >= 4 is 25.5 Å². The lowest BCUT2D eigenvalue weighted by Gasteiger charge is -2.19. The maximum atomic E-state index is 12.6. The average molecular weight is 830 g/mol. The second-order valence-electron chi connectivity index (χ2n) is 13.9. The Morgan fingerprint density at radius 1 is 0.569 bits per heavy atom. The maximum absolute atomic E-state index is 12.6. The van der Waals surface area contributed by atoms with E-state index in [9.17, 15) is 23.8 Å². The van der Waals surface area contributed by atoms with E-state index in [1.165, 1.54) is 51.0 Å². The summed E-state index contributed by atoms with van der Waals surface area (Å²) in [6.07, 6.45) is 50.1. The Labute approximate surface area is 351 Å². The van der Waals surface area contributed by atoms with Crippen LogP contribution in [-0.4, -0.2) is 55.1 Å². The second-order valence-corrected chi connectivity index (χ2v) is 15.3. The van der Waals surface area contributed by atoms with Crippen molar-refractivity contribution in [1.82, 2.24) is 0 Å². The first kappa shape index (κ1) is 54.6. The number of phosphoric ester groups is 1. The highest BCUT2D eigenvalue weighted by Crippen LogP contribution is 2.43. The van der Waals surface area contributed by atoms with Gasteiger partial charge in [0.1, 0.15) is 6.61 Å². The third kappa shape index (κ3) is 40.8. The molecular formula is C47H76NO9P. The zero-order valence-electron chi connectivity index (χ0n) is 35.7. The summed E-state index contributed by atoms with van der Waals surface area (Å²) in [5.41, 5.74) is 5.33. The molecule has 2 atom stereocenters. The number of nitrogens with two attached hydrogens (primary N) is 1. The van der Waals surface area contributed by atoms with Gasteiger partial charge in [-0.15, -0.1) is 0 Å². The van der Waals surface area contributed by atoms with Crippen LogP contribution >= 0.6 is 7.82 Å². The Morgan fingerprint density at radius 3 is 1.60 bits per heavy atom. The molecule has 10 nitrogen and oxygen atoms in total. The van der Waals surface area contributed by atoms with E-state index in [0.717, 1.165) is 57.8 Å². The molecule has 0 heterocycles. The molecule has 0 aromatic heterocycles. The maximum Gasteiger partial charge on any atom is 0.472 e. The van der Waals surface area contributed by atoms with Crippen LogP contribution in [0.3, 0.4) is 0 Å². The fourth-order valence-corrected chi connectivity index (χ4v) is 5.92. The molecule has 11 heteroatoms. The quantitative estimate of drug-likeness (QED) is 0.0153. The minimum absolute atomic E-state index is 0.00635. The fraction of sp³-hybridized carbons (Fsp3) is 0.596. The van der Waals surface area contributed by atoms with Gasteiger partial charge in [0.25, 0.3) is 0 Å². The number of carbonyl (C=O) groups is 3. The zero-order valence-corrected chi connectivity index (χ0v) is 36.6. The summed E-state index contributed by atoms with van der Waals surface area (Å²) in [5, 5.41) is 0. The van der Waals surface area contributed by atoms with Crippen molar-refractivity contribution < 1.29 is 42.4 Å². The molecule has 0 bridgehead atoms. The lowest BCUT2D eigenvalue weighted by Crippen LogP contribution is -2.29. The topological polar surface area (TPSA) is 151 Å². The molecule has 0 aromatic rings. The number of hydrogen-bond acceptors (Lipinski definition) is 9. The van der Waals surface area contributed by atoms with Crippen LogP contribution in [0.5, 0.6) is 0 Å². The van der Waals surface area contributed by atoms with Gasteiger partial charge in [-0.3, -0.25) is 23.4 Å². The van der Waals surface area contributed by atoms with Crippen LogP contribution in [0.15, 0.2) is 97.2 Å². The molecule has 0 fully saturated rings. The van der Waals surface area contributed by atoms with Crippen molar-refractivity contribution in [2.24, 2.45) is 5.73 Å². The Morgan fingerprint density at radius 2 is 1.07 bits per heavy atom. The third-order valence-electron chi connectivity index (χ3n) is 8.42. The second kappa shape index (κ2) is 41.7. The van der Waals surface area contributed by atoms with E-state index in [0.29, 0.717) is 6.42 Å². The number of carbonyl (C=O) groups excluding carboxylic acids is 3.